The molecule has 4 rings (SSSR count). The van der Waals surface area contributed by atoms with Crippen LogP contribution >= 0.6 is 23.2 Å². The fourth-order valence-corrected chi connectivity index (χ4v) is 7.33. The minimum atomic E-state index is -1.60. The molecule has 0 saturated heterocycles. The van der Waals surface area contributed by atoms with Crippen LogP contribution in [0, 0.1) is 5.41 Å². The highest BCUT2D eigenvalue weighted by molar-refractivity contribution is 6.80. The molecule has 2 unspecified atom stereocenters. The van der Waals surface area contributed by atoms with E-state index in [2.05, 4.69) is 55.3 Å². The van der Waals surface area contributed by atoms with Gasteiger partial charge in [-0.15, -0.1) is 0 Å². The molecule has 0 saturated carbocycles. The number of anilines is 1. The van der Waals surface area contributed by atoms with E-state index in [1.807, 2.05) is 43.3 Å². The minimum absolute atomic E-state index is 0.240. The smallest absolute Gasteiger partial charge is 0.283 e. The van der Waals surface area contributed by atoms with Gasteiger partial charge in [0.25, 0.3) is 14.9 Å². The summed E-state index contributed by atoms with van der Waals surface area (Å²) in [6, 6.07) is 25.6. The lowest BCUT2D eigenvalue weighted by molar-refractivity contribution is -0.00528. The Labute approximate surface area is 253 Å². The van der Waals surface area contributed by atoms with Crippen molar-refractivity contribution >= 4 is 54.2 Å². The van der Waals surface area contributed by atoms with E-state index in [0.29, 0.717) is 17.1 Å². The van der Waals surface area contributed by atoms with E-state index in [0.717, 1.165) is 10.4 Å². The predicted octanol–water partition coefficient (Wildman–Crippen LogP) is 6.65. The van der Waals surface area contributed by atoms with Gasteiger partial charge >= 0.3 is 0 Å². The number of carbonyl (C=O) groups excluding carboxylic acids is 1. The number of ether oxygens (including phenoxy) is 2. The summed E-state index contributed by atoms with van der Waals surface area (Å²) >= 11 is 12.4. The normalized spacial score (nSPS) is 13.0. The van der Waals surface area contributed by atoms with Gasteiger partial charge in [-0.2, -0.15) is 0 Å². The van der Waals surface area contributed by atoms with Gasteiger partial charge in [-0.05, 0) is 40.9 Å². The molecule has 1 heterocycles. The molecule has 1 aromatic heterocycles. The van der Waals surface area contributed by atoms with Crippen LogP contribution in [0.25, 0.3) is 0 Å². The van der Waals surface area contributed by atoms with E-state index in [9.17, 15) is 4.79 Å². The molecule has 0 aliphatic heterocycles. The molecule has 4 aromatic rings. The molecule has 213 valence electrons. The summed E-state index contributed by atoms with van der Waals surface area (Å²) in [6.07, 6.45) is 2.15. The number of aromatic nitrogens is 1. The molecule has 6 nitrogen and oxygen atoms in total. The van der Waals surface area contributed by atoms with Gasteiger partial charge in [-0.3, -0.25) is 9.78 Å². The number of methoxy groups -OCH3 is 1. The molecule has 41 heavy (non-hydrogen) atoms. The molecular weight excluding hydrogens is 575 g/mol. The number of rotatable bonds is 10. The van der Waals surface area contributed by atoms with Crippen LogP contribution in [0.2, 0.25) is 10.0 Å². The zero-order valence-electron chi connectivity index (χ0n) is 23.7. The molecular formula is C32H33Cl2N2O4Si. The third-order valence-corrected chi connectivity index (χ3v) is 9.21. The van der Waals surface area contributed by atoms with E-state index >= 15 is 0 Å². The SMILES string of the molecule is COc1ccc(C(=O)Nc2c(Cl)cncc2Cl)cc1OC(C)C(O[Si](c1ccccc1)c1ccccc1)C(C)(C)C. The van der Waals surface area contributed by atoms with Gasteiger partial charge in [0.05, 0.1) is 28.9 Å². The highest BCUT2D eigenvalue weighted by Gasteiger charge is 2.36. The predicted molar refractivity (Wildman–Crippen MR) is 168 cm³/mol. The first kappa shape index (κ1) is 30.6. The number of nitrogens with zero attached hydrogens (tertiary/aromatic N) is 1. The molecule has 0 aliphatic carbocycles. The second-order valence-electron chi connectivity index (χ2n) is 10.6. The molecule has 1 amide bonds. The van der Waals surface area contributed by atoms with Crippen LogP contribution in [0.1, 0.15) is 38.1 Å². The minimum Gasteiger partial charge on any atom is -0.493 e. The summed E-state index contributed by atoms with van der Waals surface area (Å²) in [5, 5.41) is 5.54. The Morgan fingerprint density at radius 1 is 0.878 bits per heavy atom. The number of benzene rings is 3. The van der Waals surface area contributed by atoms with Crippen molar-refractivity contribution in [3.63, 3.8) is 0 Å². The van der Waals surface area contributed by atoms with Gasteiger partial charge in [-0.1, -0.05) is 105 Å². The third kappa shape index (κ3) is 7.68. The molecule has 9 heteroatoms. The van der Waals surface area contributed by atoms with Crippen LogP contribution in [0.5, 0.6) is 11.5 Å². The van der Waals surface area contributed by atoms with Gasteiger partial charge in [0.2, 0.25) is 0 Å². The Balaban J connectivity index is 1.62. The van der Waals surface area contributed by atoms with Crippen molar-refractivity contribution in [3.8, 4) is 11.5 Å². The van der Waals surface area contributed by atoms with Crippen molar-refractivity contribution < 1.29 is 18.7 Å². The summed E-state index contributed by atoms with van der Waals surface area (Å²) in [7, 11) is -0.0390. The van der Waals surface area contributed by atoms with Gasteiger partial charge in [0.1, 0.15) is 6.10 Å². The van der Waals surface area contributed by atoms with Crippen molar-refractivity contribution in [2.45, 2.75) is 39.9 Å². The van der Waals surface area contributed by atoms with Crippen molar-refractivity contribution in [1.29, 1.82) is 0 Å². The quantitative estimate of drug-likeness (QED) is 0.204. The summed E-state index contributed by atoms with van der Waals surface area (Å²) in [5.74, 6) is 0.519. The van der Waals surface area contributed by atoms with Crippen molar-refractivity contribution in [1.82, 2.24) is 4.98 Å². The van der Waals surface area contributed by atoms with Crippen molar-refractivity contribution in [3.05, 3.63) is 107 Å². The van der Waals surface area contributed by atoms with Gasteiger partial charge in [0, 0.05) is 18.0 Å². The lowest BCUT2D eigenvalue weighted by atomic mass is 9.86. The van der Waals surface area contributed by atoms with Crippen LogP contribution in [0.15, 0.2) is 91.3 Å². The number of nitrogens with one attached hydrogen (secondary N) is 1. The summed E-state index contributed by atoms with van der Waals surface area (Å²) < 4.78 is 19.1. The maximum absolute atomic E-state index is 13.1. The van der Waals surface area contributed by atoms with E-state index in [4.69, 9.17) is 37.1 Å². The zero-order valence-corrected chi connectivity index (χ0v) is 26.2. The maximum atomic E-state index is 13.1. The van der Waals surface area contributed by atoms with Crippen LogP contribution in [0.3, 0.4) is 0 Å². The Hall–Kier alpha value is -3.36. The Kier molecular flexibility index (Phi) is 10.1. The maximum Gasteiger partial charge on any atom is 0.283 e. The van der Waals surface area contributed by atoms with E-state index in [1.54, 1.807) is 25.3 Å². The number of carbonyl (C=O) groups is 1. The Bertz CT molecular complexity index is 1410. The molecule has 0 aliphatic rings. The summed E-state index contributed by atoms with van der Waals surface area (Å²) in [4.78, 5) is 17.1. The van der Waals surface area contributed by atoms with Gasteiger partial charge in [0.15, 0.2) is 11.5 Å². The van der Waals surface area contributed by atoms with Crippen molar-refractivity contribution in [2.75, 3.05) is 12.4 Å². The second kappa shape index (κ2) is 13.5. The number of pyridine rings is 1. The highest BCUT2D eigenvalue weighted by Crippen LogP contribution is 2.34. The molecule has 2 atom stereocenters. The number of hydrogen-bond donors (Lipinski definition) is 1. The van der Waals surface area contributed by atoms with Gasteiger partial charge in [-0.25, -0.2) is 0 Å². The fourth-order valence-electron chi connectivity index (χ4n) is 4.47. The molecule has 0 fully saturated rings. The molecule has 0 spiro atoms. The fraction of sp³-hybridized carbons (Fsp3) is 0.250. The standard InChI is InChI=1S/C32H33Cl2N2O4Si/c1-21(30(32(2,3)4)40-41(23-12-8-6-9-13-23)24-14-10-7-11-15-24)39-28-18-22(16-17-27(28)38-5)31(37)36-29-25(33)19-35-20-26(29)34/h6-21,30H,1-5H3,(H,35,36,37). The number of hydrogen-bond acceptors (Lipinski definition) is 5. The summed E-state index contributed by atoms with van der Waals surface area (Å²) in [6.45, 7) is 8.39. The van der Waals surface area contributed by atoms with Gasteiger partial charge < -0.3 is 19.2 Å². The van der Waals surface area contributed by atoms with Crippen molar-refractivity contribution in [2.24, 2.45) is 5.41 Å². The molecule has 0 bridgehead atoms. The average molecular weight is 609 g/mol. The molecule has 3 aromatic carbocycles. The lowest BCUT2D eigenvalue weighted by Crippen LogP contribution is -2.53. The molecule has 1 radical (unpaired) electrons. The first-order valence-corrected chi connectivity index (χ1v) is 15.3. The summed E-state index contributed by atoms with van der Waals surface area (Å²) in [5.41, 5.74) is 0.372. The number of halogens is 2. The van der Waals surface area contributed by atoms with E-state index in [1.165, 1.54) is 12.4 Å². The monoisotopic (exact) mass is 607 g/mol. The largest absolute Gasteiger partial charge is 0.493 e. The Morgan fingerprint density at radius 2 is 1.44 bits per heavy atom. The van der Waals surface area contributed by atoms with E-state index < -0.39 is 21.1 Å². The highest BCUT2D eigenvalue weighted by atomic mass is 35.5. The average Bonchev–Trinajstić information content (AvgIpc) is 2.95. The lowest BCUT2D eigenvalue weighted by Gasteiger charge is -2.38. The molecule has 1 N–H and O–H groups in total. The first-order chi connectivity index (χ1) is 19.6. The number of amides is 1. The topological polar surface area (TPSA) is 69.7 Å². The van der Waals surface area contributed by atoms with Crippen LogP contribution in [-0.4, -0.2) is 39.2 Å². The first-order valence-electron chi connectivity index (χ1n) is 13.2. The Morgan fingerprint density at radius 3 is 1.95 bits per heavy atom. The van der Waals surface area contributed by atoms with E-state index in [-0.39, 0.29) is 27.3 Å². The second-order valence-corrected chi connectivity index (χ2v) is 13.4. The third-order valence-electron chi connectivity index (χ3n) is 6.43. The van der Waals surface area contributed by atoms with Crippen LogP contribution in [0.4, 0.5) is 5.69 Å². The zero-order chi connectivity index (χ0) is 29.6. The van der Waals surface area contributed by atoms with Crippen LogP contribution in [-0.2, 0) is 4.43 Å². The van der Waals surface area contributed by atoms with Crippen LogP contribution < -0.4 is 25.2 Å².